The van der Waals surface area contributed by atoms with Crippen LogP contribution in [-0.2, 0) is 6.42 Å². The summed E-state index contributed by atoms with van der Waals surface area (Å²) in [5.41, 5.74) is 2.13. The summed E-state index contributed by atoms with van der Waals surface area (Å²) in [5.74, 6) is -0.887. The monoisotopic (exact) mass is 279 g/mol. The average molecular weight is 280 g/mol. The molecule has 0 aliphatic carbocycles. The van der Waals surface area contributed by atoms with E-state index in [1.54, 1.807) is 6.07 Å². The predicted molar refractivity (Wildman–Crippen MR) is 72.6 cm³/mol. The molecule has 0 aliphatic rings. The first-order valence-electron chi connectivity index (χ1n) is 6.01. The number of oxazole rings is 1. The zero-order valence-corrected chi connectivity index (χ0v) is 11.5. The summed E-state index contributed by atoms with van der Waals surface area (Å²) in [7, 11) is 0. The number of benzene rings is 1. The number of carboxylic acids is 1. The lowest BCUT2D eigenvalue weighted by molar-refractivity contribution is 0.0661. The number of carbonyl (C=O) groups is 1. The molecule has 0 aliphatic heterocycles. The van der Waals surface area contributed by atoms with Gasteiger partial charge in [-0.3, -0.25) is 0 Å². The first-order valence-corrected chi connectivity index (χ1v) is 6.39. The Hall–Kier alpha value is -1.81. The average Bonchev–Trinajstić information content (AvgIpc) is 2.72. The van der Waals surface area contributed by atoms with Gasteiger partial charge in [-0.1, -0.05) is 24.9 Å². The molecule has 0 unspecified atom stereocenters. The van der Waals surface area contributed by atoms with Crippen molar-refractivity contribution in [1.29, 1.82) is 0 Å². The number of aromatic carboxylic acids is 1. The second-order valence-corrected chi connectivity index (χ2v) is 4.80. The van der Waals surface area contributed by atoms with Crippen LogP contribution in [0, 0.1) is 6.92 Å². The Morgan fingerprint density at radius 3 is 2.74 bits per heavy atom. The van der Waals surface area contributed by atoms with Gasteiger partial charge >= 0.3 is 5.97 Å². The minimum atomic E-state index is -1.10. The summed E-state index contributed by atoms with van der Waals surface area (Å²) in [4.78, 5) is 15.4. The number of aryl methyl sites for hydroxylation is 2. The Morgan fingerprint density at radius 1 is 1.42 bits per heavy atom. The smallest absolute Gasteiger partial charge is 0.373 e. The van der Waals surface area contributed by atoms with Gasteiger partial charge in [0, 0.05) is 10.6 Å². The highest BCUT2D eigenvalue weighted by Gasteiger charge is 2.19. The van der Waals surface area contributed by atoms with E-state index in [-0.39, 0.29) is 5.76 Å². The molecule has 0 saturated heterocycles. The van der Waals surface area contributed by atoms with Crippen LogP contribution >= 0.6 is 11.6 Å². The third-order valence-corrected chi connectivity index (χ3v) is 2.89. The molecule has 1 aromatic carbocycles. The van der Waals surface area contributed by atoms with E-state index in [1.807, 2.05) is 26.0 Å². The van der Waals surface area contributed by atoms with Crippen LogP contribution in [0.15, 0.2) is 22.6 Å². The normalized spacial score (nSPS) is 10.7. The lowest BCUT2D eigenvalue weighted by atomic mass is 10.1. The van der Waals surface area contributed by atoms with Crippen LogP contribution in [0.2, 0.25) is 5.02 Å². The minimum absolute atomic E-state index is 0.0884. The van der Waals surface area contributed by atoms with Gasteiger partial charge in [0.25, 0.3) is 0 Å². The van der Waals surface area contributed by atoms with Gasteiger partial charge in [-0.15, -0.1) is 0 Å². The van der Waals surface area contributed by atoms with E-state index in [9.17, 15) is 4.79 Å². The summed E-state index contributed by atoms with van der Waals surface area (Å²) in [6.07, 6.45) is 1.38. The summed E-state index contributed by atoms with van der Waals surface area (Å²) >= 11 is 5.98. The second kappa shape index (κ2) is 5.45. The predicted octanol–water partition coefficient (Wildman–Crippen LogP) is 3.95. The lowest BCUT2D eigenvalue weighted by Crippen LogP contribution is -1.99. The SMILES string of the molecule is CCCc1nc(-c2cc(C)cc(Cl)c2)oc1C(=O)O. The van der Waals surface area contributed by atoms with Gasteiger partial charge in [-0.2, -0.15) is 0 Å². The van der Waals surface area contributed by atoms with Crippen LogP contribution in [0.3, 0.4) is 0 Å². The molecule has 2 rings (SSSR count). The van der Waals surface area contributed by atoms with E-state index in [4.69, 9.17) is 21.1 Å². The Bertz CT molecular complexity index is 599. The standard InChI is InChI=1S/C14H14ClNO3/c1-3-4-11-12(14(17)18)19-13(16-11)9-5-8(2)6-10(15)7-9/h5-7H,3-4H2,1-2H3,(H,17,18). The first-order chi connectivity index (χ1) is 9.01. The van der Waals surface area contributed by atoms with Crippen molar-refractivity contribution < 1.29 is 14.3 Å². The Morgan fingerprint density at radius 2 is 2.16 bits per heavy atom. The molecule has 5 heteroatoms. The van der Waals surface area contributed by atoms with Crippen molar-refractivity contribution in [3.05, 3.63) is 40.2 Å². The van der Waals surface area contributed by atoms with Crippen molar-refractivity contribution in [3.8, 4) is 11.5 Å². The van der Waals surface area contributed by atoms with E-state index in [2.05, 4.69) is 4.98 Å². The third-order valence-electron chi connectivity index (χ3n) is 2.67. The van der Waals surface area contributed by atoms with E-state index in [1.165, 1.54) is 0 Å². The van der Waals surface area contributed by atoms with Crippen LogP contribution in [0.1, 0.15) is 35.2 Å². The fourth-order valence-corrected chi connectivity index (χ4v) is 2.20. The number of nitrogens with zero attached hydrogens (tertiary/aromatic N) is 1. The lowest BCUT2D eigenvalue weighted by Gasteiger charge is -1.99. The Labute approximate surface area is 116 Å². The molecule has 2 aromatic rings. The molecular formula is C14H14ClNO3. The number of aromatic nitrogens is 1. The number of hydrogen-bond donors (Lipinski definition) is 1. The van der Waals surface area contributed by atoms with Crippen molar-refractivity contribution in [3.63, 3.8) is 0 Å². The first kappa shape index (κ1) is 13.6. The van der Waals surface area contributed by atoms with Gasteiger partial charge in [0.15, 0.2) is 0 Å². The second-order valence-electron chi connectivity index (χ2n) is 4.37. The highest BCUT2D eigenvalue weighted by molar-refractivity contribution is 6.30. The topological polar surface area (TPSA) is 63.3 Å². The molecule has 0 saturated carbocycles. The molecule has 100 valence electrons. The molecule has 0 atom stereocenters. The molecular weight excluding hydrogens is 266 g/mol. The molecule has 0 spiro atoms. The van der Waals surface area contributed by atoms with Crippen LogP contribution in [-0.4, -0.2) is 16.1 Å². The maximum atomic E-state index is 11.1. The number of carboxylic acid groups (broad SMARTS) is 1. The van der Waals surface area contributed by atoms with Crippen LogP contribution in [0.25, 0.3) is 11.5 Å². The van der Waals surface area contributed by atoms with Crippen molar-refractivity contribution >= 4 is 17.6 Å². The highest BCUT2D eigenvalue weighted by Crippen LogP contribution is 2.26. The fourth-order valence-electron chi connectivity index (χ4n) is 1.91. The summed E-state index contributed by atoms with van der Waals surface area (Å²) < 4.78 is 5.36. The summed E-state index contributed by atoms with van der Waals surface area (Å²) in [6.45, 7) is 3.87. The number of halogens is 1. The van der Waals surface area contributed by atoms with E-state index in [0.717, 1.165) is 12.0 Å². The molecule has 1 heterocycles. The van der Waals surface area contributed by atoms with Gasteiger partial charge in [0.2, 0.25) is 11.7 Å². The molecule has 1 aromatic heterocycles. The van der Waals surface area contributed by atoms with Crippen molar-refractivity contribution in [1.82, 2.24) is 4.98 Å². The number of hydrogen-bond acceptors (Lipinski definition) is 3. The molecule has 4 nitrogen and oxygen atoms in total. The van der Waals surface area contributed by atoms with Crippen LogP contribution in [0.4, 0.5) is 0 Å². The van der Waals surface area contributed by atoms with Crippen molar-refractivity contribution in [2.75, 3.05) is 0 Å². The summed E-state index contributed by atoms with van der Waals surface area (Å²) in [6, 6.07) is 5.39. The third kappa shape index (κ3) is 2.96. The van der Waals surface area contributed by atoms with Crippen molar-refractivity contribution in [2.45, 2.75) is 26.7 Å². The molecule has 0 amide bonds. The molecule has 19 heavy (non-hydrogen) atoms. The van der Waals surface area contributed by atoms with Gasteiger partial charge in [0.05, 0.1) is 5.69 Å². The molecule has 1 N–H and O–H groups in total. The Kier molecular flexibility index (Phi) is 3.90. The number of rotatable bonds is 4. The molecule has 0 radical (unpaired) electrons. The van der Waals surface area contributed by atoms with Gasteiger partial charge in [-0.25, -0.2) is 9.78 Å². The maximum absolute atomic E-state index is 11.1. The molecule has 0 fully saturated rings. The Balaban J connectivity index is 2.50. The van der Waals surface area contributed by atoms with Gasteiger partial charge in [-0.05, 0) is 37.1 Å². The van der Waals surface area contributed by atoms with E-state index < -0.39 is 5.97 Å². The zero-order valence-electron chi connectivity index (χ0n) is 10.7. The quantitative estimate of drug-likeness (QED) is 0.920. The van der Waals surface area contributed by atoms with E-state index in [0.29, 0.717) is 28.6 Å². The maximum Gasteiger partial charge on any atom is 0.373 e. The minimum Gasteiger partial charge on any atom is -0.475 e. The van der Waals surface area contributed by atoms with Crippen LogP contribution < -0.4 is 0 Å². The van der Waals surface area contributed by atoms with Gasteiger partial charge in [0.1, 0.15) is 0 Å². The molecule has 0 bridgehead atoms. The van der Waals surface area contributed by atoms with Crippen LogP contribution in [0.5, 0.6) is 0 Å². The van der Waals surface area contributed by atoms with E-state index >= 15 is 0 Å². The van der Waals surface area contributed by atoms with Gasteiger partial charge < -0.3 is 9.52 Å². The highest BCUT2D eigenvalue weighted by atomic mass is 35.5. The largest absolute Gasteiger partial charge is 0.475 e. The summed E-state index contributed by atoms with van der Waals surface area (Å²) in [5, 5.41) is 9.67. The zero-order chi connectivity index (χ0) is 14.0. The fraction of sp³-hybridized carbons (Fsp3) is 0.286. The van der Waals surface area contributed by atoms with Crippen molar-refractivity contribution in [2.24, 2.45) is 0 Å².